The summed E-state index contributed by atoms with van der Waals surface area (Å²) in [6.07, 6.45) is 1.61. The summed E-state index contributed by atoms with van der Waals surface area (Å²) >= 11 is 12.1. The molecule has 3 fully saturated rings. The van der Waals surface area contributed by atoms with Gasteiger partial charge in [-0.25, -0.2) is 9.29 Å². The predicted molar refractivity (Wildman–Crippen MR) is 110 cm³/mol. The van der Waals surface area contributed by atoms with E-state index in [2.05, 4.69) is 0 Å². The van der Waals surface area contributed by atoms with Crippen LogP contribution in [0.15, 0.2) is 42.5 Å². The van der Waals surface area contributed by atoms with Gasteiger partial charge in [0, 0.05) is 11.6 Å². The number of carbonyl (C=O) groups is 3. The highest BCUT2D eigenvalue weighted by atomic mass is 35.5. The Morgan fingerprint density at radius 1 is 0.967 bits per heavy atom. The van der Waals surface area contributed by atoms with E-state index < -0.39 is 29.6 Å². The zero-order chi connectivity index (χ0) is 21.2. The lowest BCUT2D eigenvalue weighted by atomic mass is 9.85. The largest absolute Gasteiger partial charge is 0.292 e. The van der Waals surface area contributed by atoms with Gasteiger partial charge in [0.05, 0.1) is 33.6 Å². The Balaban J connectivity index is 1.55. The molecule has 0 N–H and O–H groups in total. The molecule has 0 spiro atoms. The number of anilines is 1. The Labute approximate surface area is 182 Å². The number of imide groups is 1. The third-order valence-electron chi connectivity index (χ3n) is 6.41. The van der Waals surface area contributed by atoms with Crippen molar-refractivity contribution in [2.45, 2.75) is 24.9 Å². The van der Waals surface area contributed by atoms with Gasteiger partial charge in [-0.05, 0) is 61.9 Å². The fourth-order valence-corrected chi connectivity index (χ4v) is 5.47. The van der Waals surface area contributed by atoms with Crippen LogP contribution >= 0.6 is 23.2 Å². The zero-order valence-electron chi connectivity index (χ0n) is 15.7. The Morgan fingerprint density at radius 2 is 1.67 bits per heavy atom. The molecule has 5 nitrogen and oxygen atoms in total. The van der Waals surface area contributed by atoms with Gasteiger partial charge in [0.25, 0.3) is 0 Å². The first kappa shape index (κ1) is 19.7. The molecular weight excluding hydrogens is 430 g/mol. The maximum Gasteiger partial charge on any atom is 0.239 e. The van der Waals surface area contributed by atoms with E-state index in [4.69, 9.17) is 23.2 Å². The number of amides is 2. The van der Waals surface area contributed by atoms with Crippen LogP contribution in [0.25, 0.3) is 0 Å². The molecule has 5 rings (SSSR count). The van der Waals surface area contributed by atoms with Crippen LogP contribution in [-0.2, 0) is 9.59 Å². The van der Waals surface area contributed by atoms with E-state index >= 15 is 0 Å². The summed E-state index contributed by atoms with van der Waals surface area (Å²) in [5.74, 6) is -2.76. The van der Waals surface area contributed by atoms with Crippen LogP contribution in [0.5, 0.6) is 0 Å². The second-order valence-electron chi connectivity index (χ2n) is 7.93. The number of rotatable bonds is 3. The summed E-state index contributed by atoms with van der Waals surface area (Å²) in [5, 5.41) is 0.569. The SMILES string of the molecule is O=C(c1ccc(F)cc1)[C@@H]1[C@@H]2C(=O)N(c3ccc(Cl)c(Cl)c3)C(=O)[C@@H]2[C@@H]2CCCN12. The molecule has 4 atom stereocenters. The predicted octanol–water partition coefficient (Wildman–Crippen LogP) is 3.97. The first-order chi connectivity index (χ1) is 14.4. The fraction of sp³-hybridized carbons (Fsp3) is 0.318. The van der Waals surface area contributed by atoms with Crippen molar-refractivity contribution < 1.29 is 18.8 Å². The van der Waals surface area contributed by atoms with Crippen LogP contribution in [0.3, 0.4) is 0 Å². The number of hydrogen-bond acceptors (Lipinski definition) is 4. The number of ketones is 1. The van der Waals surface area contributed by atoms with Gasteiger partial charge >= 0.3 is 0 Å². The van der Waals surface area contributed by atoms with Crippen LogP contribution in [0.4, 0.5) is 10.1 Å². The Morgan fingerprint density at radius 3 is 2.37 bits per heavy atom. The summed E-state index contributed by atoms with van der Waals surface area (Å²) < 4.78 is 13.3. The molecule has 3 aliphatic heterocycles. The lowest BCUT2D eigenvalue weighted by Crippen LogP contribution is -2.46. The van der Waals surface area contributed by atoms with Gasteiger partial charge in [-0.15, -0.1) is 0 Å². The molecule has 2 aromatic carbocycles. The number of hydrogen-bond donors (Lipinski definition) is 0. The number of halogens is 3. The van der Waals surface area contributed by atoms with E-state index in [1.165, 1.54) is 36.4 Å². The summed E-state index contributed by atoms with van der Waals surface area (Å²) in [6, 6.07) is 9.01. The molecule has 30 heavy (non-hydrogen) atoms. The van der Waals surface area contributed by atoms with E-state index in [0.29, 0.717) is 22.8 Å². The Hall–Kier alpha value is -2.28. The molecule has 154 valence electrons. The standard InChI is InChI=1S/C22H17Cl2FN2O3/c23-14-8-7-13(10-15(14)24)27-21(29)17-16-2-1-9-26(16)19(18(17)22(27)30)20(28)11-3-5-12(25)6-4-11/h3-8,10,16-19H,1-2,9H2/t16-,17+,18+,19-/m0/s1. The minimum absolute atomic E-state index is 0.159. The van der Waals surface area contributed by atoms with Gasteiger partial charge in [-0.2, -0.15) is 0 Å². The molecule has 0 unspecified atom stereocenters. The average Bonchev–Trinajstić information content (AvgIpc) is 3.36. The highest BCUT2D eigenvalue weighted by molar-refractivity contribution is 6.42. The normalized spacial score (nSPS) is 28.2. The van der Waals surface area contributed by atoms with Crippen LogP contribution in [0.1, 0.15) is 23.2 Å². The topological polar surface area (TPSA) is 57.7 Å². The molecule has 3 saturated heterocycles. The second kappa shape index (κ2) is 7.15. The van der Waals surface area contributed by atoms with Crippen LogP contribution in [0, 0.1) is 17.7 Å². The third kappa shape index (κ3) is 2.82. The van der Waals surface area contributed by atoms with E-state index in [0.717, 1.165) is 17.7 Å². The highest BCUT2D eigenvalue weighted by Gasteiger charge is 2.64. The van der Waals surface area contributed by atoms with Gasteiger partial charge in [-0.1, -0.05) is 23.2 Å². The number of benzene rings is 2. The van der Waals surface area contributed by atoms with Crippen molar-refractivity contribution in [2.24, 2.45) is 11.8 Å². The Bertz CT molecular complexity index is 1070. The molecule has 0 bridgehead atoms. The van der Waals surface area contributed by atoms with Crippen LogP contribution in [-0.4, -0.2) is 41.1 Å². The number of nitrogens with zero attached hydrogens (tertiary/aromatic N) is 2. The molecular formula is C22H17Cl2FN2O3. The van der Waals surface area contributed by atoms with Crippen LogP contribution < -0.4 is 4.90 Å². The fourth-order valence-electron chi connectivity index (χ4n) is 5.18. The molecule has 2 aromatic rings. The van der Waals surface area contributed by atoms with E-state index in [-0.39, 0.29) is 22.8 Å². The summed E-state index contributed by atoms with van der Waals surface area (Å²) in [7, 11) is 0. The van der Waals surface area contributed by atoms with Gasteiger partial charge in [-0.3, -0.25) is 19.3 Å². The number of Topliss-reactive ketones (excluding diaryl/α,β-unsaturated/α-hetero) is 1. The maximum atomic E-state index is 13.4. The minimum Gasteiger partial charge on any atom is -0.292 e. The molecule has 0 aliphatic carbocycles. The molecule has 0 saturated carbocycles. The number of fused-ring (bicyclic) bond motifs is 3. The van der Waals surface area contributed by atoms with Gasteiger partial charge in [0.15, 0.2) is 5.78 Å². The van der Waals surface area contributed by atoms with Gasteiger partial charge < -0.3 is 0 Å². The van der Waals surface area contributed by atoms with Crippen molar-refractivity contribution >= 4 is 46.5 Å². The minimum atomic E-state index is -0.769. The summed E-state index contributed by atoms with van der Waals surface area (Å²) in [4.78, 5) is 43.2. The van der Waals surface area contributed by atoms with Crippen molar-refractivity contribution in [3.05, 3.63) is 63.9 Å². The molecule has 3 heterocycles. The van der Waals surface area contributed by atoms with Crippen molar-refractivity contribution in [3.63, 3.8) is 0 Å². The lowest BCUT2D eigenvalue weighted by Gasteiger charge is -2.27. The Kier molecular flexibility index (Phi) is 4.69. The first-order valence-electron chi connectivity index (χ1n) is 9.77. The van der Waals surface area contributed by atoms with Gasteiger partial charge in [0.1, 0.15) is 5.82 Å². The quantitative estimate of drug-likeness (QED) is 0.528. The summed E-state index contributed by atoms with van der Waals surface area (Å²) in [5.41, 5.74) is 0.687. The second-order valence-corrected chi connectivity index (χ2v) is 8.74. The van der Waals surface area contributed by atoms with Crippen molar-refractivity contribution in [1.82, 2.24) is 4.90 Å². The molecule has 0 aromatic heterocycles. The molecule has 8 heteroatoms. The molecule has 3 aliphatic rings. The van der Waals surface area contributed by atoms with E-state index in [9.17, 15) is 18.8 Å². The third-order valence-corrected chi connectivity index (χ3v) is 7.15. The smallest absolute Gasteiger partial charge is 0.239 e. The van der Waals surface area contributed by atoms with E-state index in [1.54, 1.807) is 6.07 Å². The highest BCUT2D eigenvalue weighted by Crippen LogP contribution is 2.48. The van der Waals surface area contributed by atoms with Gasteiger partial charge in [0.2, 0.25) is 11.8 Å². The monoisotopic (exact) mass is 446 g/mol. The average molecular weight is 447 g/mol. The van der Waals surface area contributed by atoms with Crippen LogP contribution in [0.2, 0.25) is 10.0 Å². The van der Waals surface area contributed by atoms with Crippen molar-refractivity contribution in [2.75, 3.05) is 11.4 Å². The van der Waals surface area contributed by atoms with E-state index in [1.807, 2.05) is 4.90 Å². The lowest BCUT2D eigenvalue weighted by molar-refractivity contribution is -0.123. The maximum absolute atomic E-state index is 13.4. The number of carbonyl (C=O) groups excluding carboxylic acids is 3. The summed E-state index contributed by atoms with van der Waals surface area (Å²) in [6.45, 7) is 0.655. The molecule has 2 amide bonds. The molecule has 0 radical (unpaired) electrons. The van der Waals surface area contributed by atoms with Crippen molar-refractivity contribution in [1.29, 1.82) is 0 Å². The zero-order valence-corrected chi connectivity index (χ0v) is 17.2. The van der Waals surface area contributed by atoms with Crippen molar-refractivity contribution in [3.8, 4) is 0 Å². The first-order valence-corrected chi connectivity index (χ1v) is 10.5.